The summed E-state index contributed by atoms with van der Waals surface area (Å²) in [7, 11) is 0. The monoisotopic (exact) mass is 211 g/mol. The molecule has 72 valence electrons. The Hall–Kier alpha value is -1.46. The Morgan fingerprint density at radius 2 is 2.21 bits per heavy atom. The molecule has 0 aliphatic heterocycles. The van der Waals surface area contributed by atoms with Crippen molar-refractivity contribution in [2.45, 2.75) is 6.61 Å². The number of pyridine rings is 1. The Morgan fingerprint density at radius 3 is 2.93 bits per heavy atom. The van der Waals surface area contributed by atoms with Gasteiger partial charge in [0.2, 0.25) is 0 Å². The van der Waals surface area contributed by atoms with Gasteiger partial charge < -0.3 is 10.1 Å². The fourth-order valence-electron chi connectivity index (χ4n) is 1.19. The van der Waals surface area contributed by atoms with Crippen LogP contribution in [0.25, 0.3) is 11.0 Å². The normalized spacial score (nSPS) is 10.7. The fourth-order valence-corrected chi connectivity index (χ4v) is 1.33. The number of rotatable bonds is 1. The van der Waals surface area contributed by atoms with Crippen molar-refractivity contribution in [3.63, 3.8) is 0 Å². The highest BCUT2D eigenvalue weighted by atomic mass is 35.5. The highest BCUT2D eigenvalue weighted by molar-refractivity contribution is 6.29. The van der Waals surface area contributed by atoms with Gasteiger partial charge in [0.1, 0.15) is 10.7 Å². The molecule has 0 atom stereocenters. The Bertz CT molecular complexity index is 538. The van der Waals surface area contributed by atoms with Crippen molar-refractivity contribution in [2.24, 2.45) is 0 Å². The standard InChI is InChI=1S/C8H6ClN3O2/c9-6-2-1-4-7(12-6)5(3-13)11-8(14)10-4/h1-2,13H,3H2,(H,10,11,14). The van der Waals surface area contributed by atoms with Crippen LogP contribution >= 0.6 is 11.6 Å². The van der Waals surface area contributed by atoms with E-state index >= 15 is 0 Å². The van der Waals surface area contributed by atoms with Gasteiger partial charge >= 0.3 is 5.69 Å². The molecule has 0 amide bonds. The van der Waals surface area contributed by atoms with Crippen LogP contribution < -0.4 is 5.69 Å². The average Bonchev–Trinajstić information content (AvgIpc) is 2.17. The lowest BCUT2D eigenvalue weighted by Gasteiger charge is -2.00. The molecule has 2 N–H and O–H groups in total. The zero-order valence-corrected chi connectivity index (χ0v) is 7.75. The van der Waals surface area contributed by atoms with Crippen LogP contribution in [0.15, 0.2) is 16.9 Å². The lowest BCUT2D eigenvalue weighted by atomic mass is 10.3. The van der Waals surface area contributed by atoms with Crippen molar-refractivity contribution in [3.05, 3.63) is 33.5 Å². The smallest absolute Gasteiger partial charge is 0.345 e. The van der Waals surface area contributed by atoms with E-state index in [1.807, 2.05) is 0 Å². The second kappa shape index (κ2) is 3.36. The van der Waals surface area contributed by atoms with Crippen molar-refractivity contribution in [3.8, 4) is 0 Å². The van der Waals surface area contributed by atoms with Gasteiger partial charge in [-0.3, -0.25) is 0 Å². The average molecular weight is 212 g/mol. The molecule has 0 aliphatic rings. The maximum absolute atomic E-state index is 11.0. The number of fused-ring (bicyclic) bond motifs is 1. The fraction of sp³-hybridized carbons (Fsp3) is 0.125. The molecule has 0 bridgehead atoms. The van der Waals surface area contributed by atoms with Crippen LogP contribution in [-0.4, -0.2) is 20.1 Å². The molecule has 2 aromatic rings. The molecule has 2 rings (SSSR count). The molecule has 0 spiro atoms. The summed E-state index contributed by atoms with van der Waals surface area (Å²) in [4.78, 5) is 21.0. The third-order valence-electron chi connectivity index (χ3n) is 1.76. The first-order chi connectivity index (χ1) is 6.70. The minimum absolute atomic E-state index is 0.228. The van der Waals surface area contributed by atoms with Crippen LogP contribution in [0, 0.1) is 0 Å². The second-order valence-corrected chi connectivity index (χ2v) is 3.06. The molecule has 0 unspecified atom stereocenters. The number of hydrogen-bond acceptors (Lipinski definition) is 4. The highest BCUT2D eigenvalue weighted by Gasteiger charge is 2.05. The molecule has 0 radical (unpaired) electrons. The number of hydrogen-bond donors (Lipinski definition) is 2. The summed E-state index contributed by atoms with van der Waals surface area (Å²) in [6.45, 7) is -0.340. The number of halogens is 1. The maximum Gasteiger partial charge on any atom is 0.345 e. The lowest BCUT2D eigenvalue weighted by molar-refractivity contribution is 0.278. The molecule has 0 aromatic carbocycles. The van der Waals surface area contributed by atoms with Crippen LogP contribution in [0.4, 0.5) is 0 Å². The number of aliphatic hydroxyl groups excluding tert-OH is 1. The summed E-state index contributed by atoms with van der Waals surface area (Å²) >= 11 is 5.67. The van der Waals surface area contributed by atoms with Gasteiger partial charge in [0, 0.05) is 0 Å². The first kappa shape index (κ1) is 9.11. The van der Waals surface area contributed by atoms with E-state index in [1.54, 1.807) is 12.1 Å². The van der Waals surface area contributed by atoms with Gasteiger partial charge in [-0.1, -0.05) is 11.6 Å². The summed E-state index contributed by atoms with van der Waals surface area (Å²) < 4.78 is 0. The third-order valence-corrected chi connectivity index (χ3v) is 1.97. The molecule has 5 nitrogen and oxygen atoms in total. The van der Waals surface area contributed by atoms with Crippen molar-refractivity contribution in [2.75, 3.05) is 0 Å². The van der Waals surface area contributed by atoms with Crippen molar-refractivity contribution >= 4 is 22.6 Å². The van der Waals surface area contributed by atoms with E-state index in [0.29, 0.717) is 16.2 Å². The zero-order valence-electron chi connectivity index (χ0n) is 6.99. The summed E-state index contributed by atoms with van der Waals surface area (Å²) in [5.74, 6) is 0. The molecule has 0 saturated heterocycles. The van der Waals surface area contributed by atoms with Gasteiger partial charge in [-0.2, -0.15) is 4.98 Å². The van der Waals surface area contributed by atoms with E-state index in [2.05, 4.69) is 15.0 Å². The Labute approximate surface area is 83.4 Å². The van der Waals surface area contributed by atoms with E-state index < -0.39 is 5.69 Å². The minimum Gasteiger partial charge on any atom is -0.390 e. The first-order valence-electron chi connectivity index (χ1n) is 3.87. The number of H-pyrrole nitrogens is 1. The quantitative estimate of drug-likeness (QED) is 0.672. The third kappa shape index (κ3) is 1.47. The van der Waals surface area contributed by atoms with Crippen LogP contribution in [0.1, 0.15) is 5.69 Å². The van der Waals surface area contributed by atoms with Gasteiger partial charge in [0.05, 0.1) is 17.8 Å². The molecule has 14 heavy (non-hydrogen) atoms. The number of aliphatic hydroxyl groups is 1. The van der Waals surface area contributed by atoms with Gasteiger partial charge in [-0.25, -0.2) is 9.78 Å². The van der Waals surface area contributed by atoms with E-state index in [4.69, 9.17) is 16.7 Å². The van der Waals surface area contributed by atoms with E-state index in [1.165, 1.54) is 0 Å². The van der Waals surface area contributed by atoms with Crippen LogP contribution in [-0.2, 0) is 6.61 Å². The Balaban J connectivity index is 2.88. The summed E-state index contributed by atoms with van der Waals surface area (Å²) in [5, 5.41) is 9.25. The molecule has 2 heterocycles. The van der Waals surface area contributed by atoms with Gasteiger partial charge in [-0.05, 0) is 12.1 Å². The summed E-state index contributed by atoms with van der Waals surface area (Å²) in [5.41, 5.74) is 0.648. The zero-order chi connectivity index (χ0) is 10.1. The predicted octanol–water partition coefficient (Wildman–Crippen LogP) is 0.464. The number of aromatic amines is 1. The minimum atomic E-state index is -0.509. The van der Waals surface area contributed by atoms with Crippen LogP contribution in [0.3, 0.4) is 0 Å². The summed E-state index contributed by atoms with van der Waals surface area (Å²) in [6, 6.07) is 3.17. The van der Waals surface area contributed by atoms with Crippen LogP contribution in [0.2, 0.25) is 5.15 Å². The van der Waals surface area contributed by atoms with E-state index in [9.17, 15) is 4.79 Å². The second-order valence-electron chi connectivity index (χ2n) is 2.68. The Kier molecular flexibility index (Phi) is 2.18. The molecular weight excluding hydrogens is 206 g/mol. The van der Waals surface area contributed by atoms with E-state index in [0.717, 1.165) is 0 Å². The first-order valence-corrected chi connectivity index (χ1v) is 4.25. The molecule has 0 fully saturated rings. The number of aromatic nitrogens is 3. The molecular formula is C8H6ClN3O2. The SMILES string of the molecule is O=c1nc(CO)c2nc(Cl)ccc2[nH]1. The van der Waals surface area contributed by atoms with Crippen molar-refractivity contribution in [1.29, 1.82) is 0 Å². The molecule has 0 saturated carbocycles. The van der Waals surface area contributed by atoms with Crippen molar-refractivity contribution < 1.29 is 5.11 Å². The predicted molar refractivity (Wildman–Crippen MR) is 51.1 cm³/mol. The number of nitrogens with zero attached hydrogens (tertiary/aromatic N) is 2. The molecule has 0 aliphatic carbocycles. The summed E-state index contributed by atoms with van der Waals surface area (Å²) in [6.07, 6.45) is 0. The molecule has 2 aromatic heterocycles. The highest BCUT2D eigenvalue weighted by Crippen LogP contribution is 2.14. The van der Waals surface area contributed by atoms with Gasteiger partial charge in [-0.15, -0.1) is 0 Å². The van der Waals surface area contributed by atoms with Gasteiger partial charge in [0.15, 0.2) is 0 Å². The Morgan fingerprint density at radius 1 is 1.43 bits per heavy atom. The van der Waals surface area contributed by atoms with Crippen molar-refractivity contribution in [1.82, 2.24) is 15.0 Å². The maximum atomic E-state index is 11.0. The van der Waals surface area contributed by atoms with E-state index in [-0.39, 0.29) is 12.3 Å². The largest absolute Gasteiger partial charge is 0.390 e. The van der Waals surface area contributed by atoms with Gasteiger partial charge in [0.25, 0.3) is 0 Å². The molecule has 6 heteroatoms. The number of nitrogens with one attached hydrogen (secondary N) is 1. The topological polar surface area (TPSA) is 78.9 Å². The lowest BCUT2D eigenvalue weighted by Crippen LogP contribution is -2.13. The van der Waals surface area contributed by atoms with Crippen LogP contribution in [0.5, 0.6) is 0 Å².